The molecule has 1 aromatic carbocycles. The first-order chi connectivity index (χ1) is 6.02. The minimum Gasteiger partial charge on any atom is -0.396 e. The first-order valence-corrected chi connectivity index (χ1v) is 4.01. The average Bonchev–Trinajstić information content (AvgIpc) is 2.08. The van der Waals surface area contributed by atoms with E-state index in [0.29, 0.717) is 5.56 Å². The molecule has 2 atom stereocenters. The van der Waals surface area contributed by atoms with Gasteiger partial charge in [0.2, 0.25) is 0 Å². The van der Waals surface area contributed by atoms with Crippen LogP contribution in [-0.4, -0.2) is 11.2 Å². The van der Waals surface area contributed by atoms with Gasteiger partial charge in [-0.3, -0.25) is 0 Å². The summed E-state index contributed by atoms with van der Waals surface area (Å²) in [4.78, 5) is 0. The SMILES string of the molecule is C[C@@H](O)[C@H](N)c1ccc(F)c(N)c1. The Labute approximate surface area is 76.2 Å². The Bertz CT molecular complexity index is 302. The lowest BCUT2D eigenvalue weighted by Crippen LogP contribution is -2.23. The Balaban J connectivity index is 2.97. The second-order valence-corrected chi connectivity index (χ2v) is 3.05. The maximum absolute atomic E-state index is 12.7. The van der Waals surface area contributed by atoms with Crippen molar-refractivity contribution in [2.45, 2.75) is 19.1 Å². The first kappa shape index (κ1) is 9.95. The predicted octanol–water partition coefficient (Wildman–Crippen LogP) is 0.789. The Morgan fingerprint density at radius 3 is 2.54 bits per heavy atom. The Kier molecular flexibility index (Phi) is 2.85. The zero-order valence-corrected chi connectivity index (χ0v) is 7.37. The Morgan fingerprint density at radius 2 is 2.08 bits per heavy atom. The molecule has 72 valence electrons. The highest BCUT2D eigenvalue weighted by atomic mass is 19.1. The van der Waals surface area contributed by atoms with Crippen LogP contribution in [0.2, 0.25) is 0 Å². The van der Waals surface area contributed by atoms with Crippen LogP contribution >= 0.6 is 0 Å². The summed E-state index contributed by atoms with van der Waals surface area (Å²) in [7, 11) is 0. The van der Waals surface area contributed by atoms with Crippen molar-refractivity contribution in [1.82, 2.24) is 0 Å². The van der Waals surface area contributed by atoms with Crippen LogP contribution < -0.4 is 11.5 Å². The van der Waals surface area contributed by atoms with Gasteiger partial charge >= 0.3 is 0 Å². The molecule has 0 amide bonds. The van der Waals surface area contributed by atoms with E-state index in [9.17, 15) is 9.50 Å². The van der Waals surface area contributed by atoms with Crippen molar-refractivity contribution in [2.75, 3.05) is 5.73 Å². The van der Waals surface area contributed by atoms with Crippen LogP contribution in [0.4, 0.5) is 10.1 Å². The van der Waals surface area contributed by atoms with E-state index in [2.05, 4.69) is 0 Å². The van der Waals surface area contributed by atoms with Crippen molar-refractivity contribution in [3.8, 4) is 0 Å². The van der Waals surface area contributed by atoms with Crippen molar-refractivity contribution < 1.29 is 9.50 Å². The number of anilines is 1. The molecule has 13 heavy (non-hydrogen) atoms. The highest BCUT2D eigenvalue weighted by Crippen LogP contribution is 2.19. The summed E-state index contributed by atoms with van der Waals surface area (Å²) in [5, 5.41) is 9.17. The van der Waals surface area contributed by atoms with Crippen LogP contribution in [0.1, 0.15) is 18.5 Å². The maximum Gasteiger partial charge on any atom is 0.146 e. The molecule has 0 saturated carbocycles. The molecule has 0 aliphatic rings. The predicted molar refractivity (Wildman–Crippen MR) is 49.4 cm³/mol. The minimum absolute atomic E-state index is 0.0496. The molecule has 0 bridgehead atoms. The van der Waals surface area contributed by atoms with Crippen LogP contribution in [0, 0.1) is 5.82 Å². The Hall–Kier alpha value is -1.13. The molecule has 0 radical (unpaired) electrons. The highest BCUT2D eigenvalue weighted by molar-refractivity contribution is 5.43. The van der Waals surface area contributed by atoms with Gasteiger partial charge in [-0.15, -0.1) is 0 Å². The van der Waals surface area contributed by atoms with Gasteiger partial charge in [-0.25, -0.2) is 4.39 Å². The van der Waals surface area contributed by atoms with E-state index < -0.39 is 18.0 Å². The summed E-state index contributed by atoms with van der Waals surface area (Å²) in [6, 6.07) is 3.67. The molecule has 0 heterocycles. The van der Waals surface area contributed by atoms with Crippen LogP contribution in [0.25, 0.3) is 0 Å². The van der Waals surface area contributed by atoms with Crippen molar-refractivity contribution in [3.05, 3.63) is 29.6 Å². The molecule has 0 unspecified atom stereocenters. The van der Waals surface area contributed by atoms with Crippen LogP contribution in [0.15, 0.2) is 18.2 Å². The number of aliphatic hydroxyl groups is 1. The second-order valence-electron chi connectivity index (χ2n) is 3.05. The monoisotopic (exact) mass is 184 g/mol. The number of hydrogen-bond acceptors (Lipinski definition) is 3. The molecular formula is C9H13FN2O. The molecule has 4 heteroatoms. The smallest absolute Gasteiger partial charge is 0.146 e. The lowest BCUT2D eigenvalue weighted by Gasteiger charge is -2.15. The number of rotatable bonds is 2. The van der Waals surface area contributed by atoms with E-state index in [-0.39, 0.29) is 5.69 Å². The summed E-state index contributed by atoms with van der Waals surface area (Å²) in [5.41, 5.74) is 11.7. The second kappa shape index (κ2) is 3.72. The van der Waals surface area contributed by atoms with Crippen molar-refractivity contribution in [2.24, 2.45) is 5.73 Å². The molecule has 5 N–H and O–H groups in total. The van der Waals surface area contributed by atoms with Gasteiger partial charge in [0.1, 0.15) is 5.82 Å². The standard InChI is InChI=1S/C9H13FN2O/c1-5(13)9(12)6-2-3-7(10)8(11)4-6/h2-5,9,13H,11-12H2,1H3/t5-,9+/m1/s1. The number of benzene rings is 1. The molecule has 0 aliphatic heterocycles. The number of aliphatic hydroxyl groups excluding tert-OH is 1. The van der Waals surface area contributed by atoms with Gasteiger partial charge in [0.15, 0.2) is 0 Å². The van der Waals surface area contributed by atoms with E-state index in [1.165, 1.54) is 18.2 Å². The molecule has 0 spiro atoms. The summed E-state index contributed by atoms with van der Waals surface area (Å²) >= 11 is 0. The van der Waals surface area contributed by atoms with Gasteiger partial charge in [-0.2, -0.15) is 0 Å². The van der Waals surface area contributed by atoms with E-state index >= 15 is 0 Å². The minimum atomic E-state index is -0.676. The highest BCUT2D eigenvalue weighted by Gasteiger charge is 2.12. The number of nitrogens with two attached hydrogens (primary N) is 2. The van der Waals surface area contributed by atoms with Gasteiger partial charge in [0.05, 0.1) is 17.8 Å². The van der Waals surface area contributed by atoms with Crippen molar-refractivity contribution in [1.29, 1.82) is 0 Å². The normalized spacial score (nSPS) is 15.4. The summed E-state index contributed by atoms with van der Waals surface area (Å²) < 4.78 is 12.7. The lowest BCUT2D eigenvalue weighted by molar-refractivity contribution is 0.164. The summed E-state index contributed by atoms with van der Waals surface area (Å²) in [5.74, 6) is -0.471. The lowest BCUT2D eigenvalue weighted by atomic mass is 10.0. The molecular weight excluding hydrogens is 171 g/mol. The first-order valence-electron chi connectivity index (χ1n) is 4.01. The largest absolute Gasteiger partial charge is 0.396 e. The van der Waals surface area contributed by atoms with Crippen LogP contribution in [-0.2, 0) is 0 Å². The van der Waals surface area contributed by atoms with Gasteiger partial charge in [0.25, 0.3) is 0 Å². The average molecular weight is 184 g/mol. The zero-order valence-electron chi connectivity index (χ0n) is 7.37. The van der Waals surface area contributed by atoms with E-state index in [1.54, 1.807) is 6.92 Å². The molecule has 0 aliphatic carbocycles. The van der Waals surface area contributed by atoms with Crippen molar-refractivity contribution >= 4 is 5.69 Å². The molecule has 1 aromatic rings. The van der Waals surface area contributed by atoms with E-state index in [0.717, 1.165) is 0 Å². The van der Waals surface area contributed by atoms with E-state index in [4.69, 9.17) is 11.5 Å². The fourth-order valence-electron chi connectivity index (χ4n) is 1.05. The fraction of sp³-hybridized carbons (Fsp3) is 0.333. The molecule has 0 aromatic heterocycles. The Morgan fingerprint density at radius 1 is 1.46 bits per heavy atom. The van der Waals surface area contributed by atoms with E-state index in [1.807, 2.05) is 0 Å². The molecule has 0 saturated heterocycles. The van der Waals surface area contributed by atoms with Gasteiger partial charge in [0, 0.05) is 0 Å². The molecule has 3 nitrogen and oxygen atoms in total. The van der Waals surface area contributed by atoms with Gasteiger partial charge < -0.3 is 16.6 Å². The van der Waals surface area contributed by atoms with Gasteiger partial charge in [-0.05, 0) is 24.6 Å². The van der Waals surface area contributed by atoms with Crippen molar-refractivity contribution in [3.63, 3.8) is 0 Å². The van der Waals surface area contributed by atoms with Crippen LogP contribution in [0.5, 0.6) is 0 Å². The molecule has 1 rings (SSSR count). The topological polar surface area (TPSA) is 72.3 Å². The fourth-order valence-corrected chi connectivity index (χ4v) is 1.05. The van der Waals surface area contributed by atoms with Crippen LogP contribution in [0.3, 0.4) is 0 Å². The third-order valence-electron chi connectivity index (χ3n) is 1.92. The maximum atomic E-state index is 12.7. The summed E-state index contributed by atoms with van der Waals surface area (Å²) in [6.07, 6.45) is -0.676. The third-order valence-corrected chi connectivity index (χ3v) is 1.92. The quantitative estimate of drug-likeness (QED) is 0.595. The summed E-state index contributed by atoms with van der Waals surface area (Å²) in [6.45, 7) is 1.57. The van der Waals surface area contributed by atoms with Gasteiger partial charge in [-0.1, -0.05) is 6.07 Å². The number of halogens is 1. The third kappa shape index (κ3) is 2.17. The number of hydrogen-bond donors (Lipinski definition) is 3. The zero-order chi connectivity index (χ0) is 10.0. The molecule has 0 fully saturated rings. The number of nitrogen functional groups attached to an aromatic ring is 1.